The van der Waals surface area contributed by atoms with Crippen LogP contribution in [0.3, 0.4) is 0 Å². The zero-order chi connectivity index (χ0) is 18.1. The third-order valence-electron chi connectivity index (χ3n) is 4.08. The highest BCUT2D eigenvalue weighted by molar-refractivity contribution is 5.92. The van der Waals surface area contributed by atoms with Gasteiger partial charge in [0, 0.05) is 18.2 Å². The van der Waals surface area contributed by atoms with E-state index in [4.69, 9.17) is 4.52 Å². The molecule has 3 heterocycles. The number of amides is 1. The molecule has 1 aliphatic rings. The number of likely N-dealkylation sites (tertiary alicyclic amines) is 1. The Morgan fingerprint density at radius 3 is 2.73 bits per heavy atom. The lowest BCUT2D eigenvalue weighted by Crippen LogP contribution is -2.33. The van der Waals surface area contributed by atoms with Crippen LogP contribution in [0.15, 0.2) is 53.2 Å². The first-order chi connectivity index (χ1) is 12.5. The standard InChI is InChI=1S/C17H13F2N5O2/c18-17(19)9-13(24(10-17)16(25)12-7-4-8-20-22-12)15-21-14(23-26-15)11-5-2-1-3-6-11/h1-8,13H,9-10H2/t13-/m0/s1. The number of hydrogen-bond donors (Lipinski definition) is 0. The topological polar surface area (TPSA) is 85.0 Å². The molecule has 0 N–H and O–H groups in total. The van der Waals surface area contributed by atoms with Crippen molar-refractivity contribution in [1.82, 2.24) is 25.2 Å². The fourth-order valence-electron chi connectivity index (χ4n) is 2.89. The molecule has 132 valence electrons. The molecular weight excluding hydrogens is 344 g/mol. The molecule has 0 aliphatic carbocycles. The number of alkyl halides is 2. The van der Waals surface area contributed by atoms with Crippen molar-refractivity contribution in [2.24, 2.45) is 0 Å². The highest BCUT2D eigenvalue weighted by atomic mass is 19.3. The molecule has 0 radical (unpaired) electrons. The van der Waals surface area contributed by atoms with Gasteiger partial charge in [0.25, 0.3) is 11.8 Å². The Hall–Kier alpha value is -3.23. The van der Waals surface area contributed by atoms with Crippen LogP contribution in [0.1, 0.15) is 28.8 Å². The van der Waals surface area contributed by atoms with Crippen LogP contribution in [0.25, 0.3) is 11.4 Å². The van der Waals surface area contributed by atoms with E-state index in [1.54, 1.807) is 24.3 Å². The molecule has 2 aromatic heterocycles. The van der Waals surface area contributed by atoms with Gasteiger partial charge in [-0.15, -0.1) is 5.10 Å². The van der Waals surface area contributed by atoms with Crippen LogP contribution in [0.2, 0.25) is 0 Å². The van der Waals surface area contributed by atoms with E-state index in [-0.39, 0.29) is 17.4 Å². The Balaban J connectivity index is 1.66. The lowest BCUT2D eigenvalue weighted by Gasteiger charge is -2.20. The van der Waals surface area contributed by atoms with E-state index in [2.05, 4.69) is 20.3 Å². The molecule has 1 fully saturated rings. The SMILES string of the molecule is O=C(c1cccnn1)N1CC(F)(F)C[C@H]1c1nc(-c2ccccc2)no1. The third-order valence-corrected chi connectivity index (χ3v) is 4.08. The molecule has 9 heteroatoms. The van der Waals surface area contributed by atoms with Gasteiger partial charge in [0.2, 0.25) is 11.7 Å². The Morgan fingerprint density at radius 2 is 2.00 bits per heavy atom. The summed E-state index contributed by atoms with van der Waals surface area (Å²) in [6, 6.07) is 10.9. The molecule has 26 heavy (non-hydrogen) atoms. The highest BCUT2D eigenvalue weighted by Crippen LogP contribution is 2.41. The van der Waals surface area contributed by atoms with Gasteiger partial charge < -0.3 is 9.42 Å². The minimum absolute atomic E-state index is 0.0157. The monoisotopic (exact) mass is 357 g/mol. The van der Waals surface area contributed by atoms with Crippen molar-refractivity contribution in [3.8, 4) is 11.4 Å². The number of nitrogens with zero attached hydrogens (tertiary/aromatic N) is 5. The summed E-state index contributed by atoms with van der Waals surface area (Å²) in [5, 5.41) is 11.2. The Kier molecular flexibility index (Phi) is 3.90. The number of aromatic nitrogens is 4. The van der Waals surface area contributed by atoms with Crippen LogP contribution in [-0.2, 0) is 0 Å². The smallest absolute Gasteiger partial charge is 0.275 e. The molecule has 1 saturated heterocycles. The number of carbonyl (C=O) groups excluding carboxylic acids is 1. The zero-order valence-electron chi connectivity index (χ0n) is 13.4. The maximum Gasteiger partial charge on any atom is 0.275 e. The van der Waals surface area contributed by atoms with Crippen LogP contribution < -0.4 is 0 Å². The number of halogens is 2. The van der Waals surface area contributed by atoms with Crippen molar-refractivity contribution >= 4 is 5.91 Å². The largest absolute Gasteiger partial charge is 0.337 e. The van der Waals surface area contributed by atoms with Gasteiger partial charge in [0.05, 0.1) is 6.54 Å². The highest BCUT2D eigenvalue weighted by Gasteiger charge is 2.50. The van der Waals surface area contributed by atoms with Gasteiger partial charge in [0.15, 0.2) is 5.69 Å². The van der Waals surface area contributed by atoms with Crippen molar-refractivity contribution in [1.29, 1.82) is 0 Å². The van der Waals surface area contributed by atoms with Crippen LogP contribution in [-0.4, -0.2) is 43.6 Å². The minimum Gasteiger partial charge on any atom is -0.337 e. The van der Waals surface area contributed by atoms with E-state index in [1.165, 1.54) is 18.3 Å². The number of benzene rings is 1. The van der Waals surface area contributed by atoms with E-state index in [1.807, 2.05) is 6.07 Å². The number of rotatable bonds is 3. The van der Waals surface area contributed by atoms with Crippen molar-refractivity contribution in [3.63, 3.8) is 0 Å². The van der Waals surface area contributed by atoms with E-state index in [0.717, 1.165) is 4.90 Å². The molecule has 0 spiro atoms. The quantitative estimate of drug-likeness (QED) is 0.717. The van der Waals surface area contributed by atoms with Crippen molar-refractivity contribution < 1.29 is 18.1 Å². The fourth-order valence-corrected chi connectivity index (χ4v) is 2.89. The molecule has 0 unspecified atom stereocenters. The fraction of sp³-hybridized carbons (Fsp3) is 0.235. The normalized spacial score (nSPS) is 18.8. The number of hydrogen-bond acceptors (Lipinski definition) is 6. The molecule has 1 atom stereocenters. The van der Waals surface area contributed by atoms with Crippen LogP contribution in [0, 0.1) is 0 Å². The van der Waals surface area contributed by atoms with E-state index >= 15 is 0 Å². The van der Waals surface area contributed by atoms with Crippen molar-refractivity contribution in [3.05, 3.63) is 60.2 Å². The van der Waals surface area contributed by atoms with Gasteiger partial charge in [-0.2, -0.15) is 10.1 Å². The Morgan fingerprint density at radius 1 is 1.19 bits per heavy atom. The van der Waals surface area contributed by atoms with Gasteiger partial charge in [-0.25, -0.2) is 8.78 Å². The first-order valence-electron chi connectivity index (χ1n) is 7.89. The first-order valence-corrected chi connectivity index (χ1v) is 7.89. The predicted molar refractivity (Wildman–Crippen MR) is 85.1 cm³/mol. The maximum absolute atomic E-state index is 14.0. The summed E-state index contributed by atoms with van der Waals surface area (Å²) >= 11 is 0. The lowest BCUT2D eigenvalue weighted by molar-refractivity contribution is 0.0116. The van der Waals surface area contributed by atoms with Gasteiger partial charge in [-0.1, -0.05) is 35.5 Å². The number of carbonyl (C=O) groups is 1. The third kappa shape index (κ3) is 3.03. The Labute approximate surface area is 146 Å². The summed E-state index contributed by atoms with van der Waals surface area (Å²) in [5.41, 5.74) is 0.678. The van der Waals surface area contributed by atoms with E-state index in [9.17, 15) is 13.6 Å². The van der Waals surface area contributed by atoms with Gasteiger partial charge in [-0.05, 0) is 12.1 Å². The molecule has 4 rings (SSSR count). The van der Waals surface area contributed by atoms with Crippen LogP contribution in [0.5, 0.6) is 0 Å². The summed E-state index contributed by atoms with van der Waals surface area (Å²) in [6.45, 7) is -0.740. The first kappa shape index (κ1) is 16.2. The molecule has 3 aromatic rings. The second-order valence-corrected chi connectivity index (χ2v) is 5.94. The van der Waals surface area contributed by atoms with E-state index < -0.39 is 30.8 Å². The average molecular weight is 357 g/mol. The van der Waals surface area contributed by atoms with Gasteiger partial charge in [0.1, 0.15) is 6.04 Å². The summed E-state index contributed by atoms with van der Waals surface area (Å²) in [5.74, 6) is -3.45. The van der Waals surface area contributed by atoms with Gasteiger partial charge in [-0.3, -0.25) is 4.79 Å². The average Bonchev–Trinajstić information content (AvgIpc) is 3.27. The molecule has 0 saturated carbocycles. The van der Waals surface area contributed by atoms with Crippen LogP contribution in [0.4, 0.5) is 8.78 Å². The van der Waals surface area contributed by atoms with Crippen molar-refractivity contribution in [2.45, 2.75) is 18.4 Å². The van der Waals surface area contributed by atoms with E-state index in [0.29, 0.717) is 5.56 Å². The molecule has 1 aromatic carbocycles. The van der Waals surface area contributed by atoms with Crippen LogP contribution >= 0.6 is 0 Å². The molecule has 1 aliphatic heterocycles. The lowest BCUT2D eigenvalue weighted by atomic mass is 10.2. The second kappa shape index (κ2) is 6.25. The summed E-state index contributed by atoms with van der Waals surface area (Å²) in [4.78, 5) is 17.8. The molecule has 7 nitrogen and oxygen atoms in total. The summed E-state index contributed by atoms with van der Waals surface area (Å²) < 4.78 is 33.2. The van der Waals surface area contributed by atoms with Crippen molar-refractivity contribution in [2.75, 3.05) is 6.54 Å². The summed E-state index contributed by atoms with van der Waals surface area (Å²) in [6.07, 6.45) is 0.812. The van der Waals surface area contributed by atoms with Gasteiger partial charge >= 0.3 is 0 Å². The predicted octanol–water partition coefficient (Wildman–Crippen LogP) is 2.75. The Bertz CT molecular complexity index is 917. The molecular formula is C17H13F2N5O2. The summed E-state index contributed by atoms with van der Waals surface area (Å²) in [7, 11) is 0. The second-order valence-electron chi connectivity index (χ2n) is 5.94. The zero-order valence-corrected chi connectivity index (χ0v) is 13.4. The maximum atomic E-state index is 14.0. The molecule has 1 amide bonds. The molecule has 0 bridgehead atoms. The minimum atomic E-state index is -3.05.